The van der Waals surface area contributed by atoms with E-state index in [1.165, 1.54) is 0 Å². The molecule has 104 valence electrons. The van der Waals surface area contributed by atoms with Crippen molar-refractivity contribution in [3.8, 4) is 0 Å². The summed E-state index contributed by atoms with van der Waals surface area (Å²) in [4.78, 5) is 24.3. The molecule has 5 heteroatoms. The summed E-state index contributed by atoms with van der Waals surface area (Å²) >= 11 is 3.31. The molecule has 0 atom stereocenters. The zero-order chi connectivity index (χ0) is 14.7. The number of hydrogen-bond donors (Lipinski definition) is 0. The zero-order valence-electron chi connectivity index (χ0n) is 11.4. The lowest BCUT2D eigenvalue weighted by molar-refractivity contribution is 0.0894. The number of hydrogen-bond acceptors (Lipinski definition) is 3. The number of halogens is 1. The molecule has 0 unspecified atom stereocenters. The first-order valence-corrected chi connectivity index (χ1v) is 7.15. The third-order valence-corrected chi connectivity index (χ3v) is 3.56. The van der Waals surface area contributed by atoms with E-state index in [1.807, 2.05) is 6.92 Å². The molecule has 2 rings (SSSR count). The summed E-state index contributed by atoms with van der Waals surface area (Å²) in [5.41, 5.74) is 1.82. The molecule has 0 aliphatic rings. The maximum absolute atomic E-state index is 12.2. The lowest BCUT2D eigenvalue weighted by Gasteiger charge is -2.01. The molecule has 4 nitrogen and oxygen atoms in total. The van der Waals surface area contributed by atoms with Crippen LogP contribution in [-0.4, -0.2) is 21.3 Å². The van der Waals surface area contributed by atoms with Crippen LogP contribution >= 0.6 is 15.9 Å². The van der Waals surface area contributed by atoms with Gasteiger partial charge in [-0.05, 0) is 18.6 Å². The van der Waals surface area contributed by atoms with Crippen molar-refractivity contribution in [1.29, 1.82) is 0 Å². The van der Waals surface area contributed by atoms with Gasteiger partial charge in [-0.25, -0.2) is 0 Å². The molecule has 1 aromatic heterocycles. The molecule has 0 aliphatic heterocycles. The second kappa shape index (κ2) is 6.13. The highest BCUT2D eigenvalue weighted by Gasteiger charge is 2.18. The topological polar surface area (TPSA) is 52.0 Å². The largest absolute Gasteiger partial charge is 0.294 e. The van der Waals surface area contributed by atoms with E-state index < -0.39 is 0 Å². The summed E-state index contributed by atoms with van der Waals surface area (Å²) < 4.78 is 2.51. The first-order valence-electron chi connectivity index (χ1n) is 6.35. The summed E-state index contributed by atoms with van der Waals surface area (Å²) in [7, 11) is 1.77. The van der Waals surface area contributed by atoms with E-state index in [2.05, 4.69) is 21.0 Å². The normalized spacial score (nSPS) is 10.6. The van der Waals surface area contributed by atoms with Crippen molar-refractivity contribution in [2.24, 2.45) is 7.05 Å². The van der Waals surface area contributed by atoms with Gasteiger partial charge < -0.3 is 0 Å². The summed E-state index contributed by atoms with van der Waals surface area (Å²) in [6, 6.07) is 7.01. The van der Waals surface area contributed by atoms with Gasteiger partial charge in [0.05, 0.1) is 17.7 Å². The van der Waals surface area contributed by atoms with Crippen LogP contribution in [0.2, 0.25) is 0 Å². The van der Waals surface area contributed by atoms with E-state index in [-0.39, 0.29) is 18.0 Å². The average Bonchev–Trinajstić information content (AvgIpc) is 2.80. The Bertz CT molecular complexity index is 644. The van der Waals surface area contributed by atoms with Gasteiger partial charge >= 0.3 is 0 Å². The van der Waals surface area contributed by atoms with E-state index in [1.54, 1.807) is 42.2 Å². The Labute approximate surface area is 125 Å². The van der Waals surface area contributed by atoms with Gasteiger partial charge in [-0.3, -0.25) is 14.3 Å². The minimum Gasteiger partial charge on any atom is -0.294 e. The lowest BCUT2D eigenvalue weighted by Crippen LogP contribution is -2.09. The maximum Gasteiger partial charge on any atom is 0.174 e. The molecule has 0 radical (unpaired) electrons. The van der Waals surface area contributed by atoms with Crippen LogP contribution < -0.4 is 0 Å². The Morgan fingerprint density at radius 3 is 2.45 bits per heavy atom. The Hall–Kier alpha value is -1.75. The van der Waals surface area contributed by atoms with Crippen molar-refractivity contribution in [2.75, 3.05) is 0 Å². The van der Waals surface area contributed by atoms with Gasteiger partial charge in [0.25, 0.3) is 0 Å². The van der Waals surface area contributed by atoms with Crippen LogP contribution in [0.4, 0.5) is 0 Å². The predicted molar refractivity (Wildman–Crippen MR) is 80.0 cm³/mol. The highest BCUT2D eigenvalue weighted by molar-refractivity contribution is 9.10. The van der Waals surface area contributed by atoms with Crippen molar-refractivity contribution in [3.05, 3.63) is 51.8 Å². The SMILES string of the molecule is CCc1nn(C)cc1C(=O)CC(=O)c1ccc(Br)cc1. The molecule has 0 N–H and O–H groups in total. The Kier molecular flexibility index (Phi) is 4.49. The second-order valence-electron chi connectivity index (χ2n) is 4.55. The van der Waals surface area contributed by atoms with E-state index in [0.29, 0.717) is 17.5 Å². The highest BCUT2D eigenvalue weighted by Crippen LogP contribution is 2.15. The highest BCUT2D eigenvalue weighted by atomic mass is 79.9. The number of carbonyl (C=O) groups excluding carboxylic acids is 2. The smallest absolute Gasteiger partial charge is 0.174 e. The van der Waals surface area contributed by atoms with Gasteiger partial charge in [0.15, 0.2) is 11.6 Å². The van der Waals surface area contributed by atoms with Gasteiger partial charge in [0.2, 0.25) is 0 Å². The van der Waals surface area contributed by atoms with E-state index in [4.69, 9.17) is 0 Å². The molecule has 0 fully saturated rings. The number of aromatic nitrogens is 2. The van der Waals surface area contributed by atoms with Crippen LogP contribution in [0.5, 0.6) is 0 Å². The van der Waals surface area contributed by atoms with Crippen molar-refractivity contribution in [3.63, 3.8) is 0 Å². The van der Waals surface area contributed by atoms with Crippen LogP contribution in [0.25, 0.3) is 0 Å². The first-order chi connectivity index (χ1) is 9.51. The van der Waals surface area contributed by atoms with Crippen LogP contribution in [0, 0.1) is 0 Å². The maximum atomic E-state index is 12.2. The van der Waals surface area contributed by atoms with Crippen LogP contribution in [0.15, 0.2) is 34.9 Å². The number of nitrogens with zero attached hydrogens (tertiary/aromatic N) is 2. The number of carbonyl (C=O) groups is 2. The molecule has 0 aliphatic carbocycles. The van der Waals surface area contributed by atoms with Gasteiger partial charge in [-0.2, -0.15) is 5.10 Å². The number of benzene rings is 1. The predicted octanol–water partition coefficient (Wildman–Crippen LogP) is 3.20. The van der Waals surface area contributed by atoms with Crippen LogP contribution in [0.3, 0.4) is 0 Å². The molecule has 0 saturated carbocycles. The average molecular weight is 335 g/mol. The minimum absolute atomic E-state index is 0.125. The molecule has 0 amide bonds. The quantitative estimate of drug-likeness (QED) is 0.623. The Balaban J connectivity index is 2.15. The molecule has 0 saturated heterocycles. The summed E-state index contributed by atoms with van der Waals surface area (Å²) in [5, 5.41) is 4.22. The van der Waals surface area contributed by atoms with Gasteiger partial charge in [-0.15, -0.1) is 0 Å². The van der Waals surface area contributed by atoms with E-state index in [0.717, 1.165) is 10.2 Å². The summed E-state index contributed by atoms with van der Waals surface area (Å²) in [5.74, 6) is -0.351. The number of aryl methyl sites for hydroxylation is 2. The third kappa shape index (κ3) is 3.22. The van der Waals surface area contributed by atoms with Crippen LogP contribution in [0.1, 0.15) is 39.8 Å². The van der Waals surface area contributed by atoms with Crippen molar-refractivity contribution in [1.82, 2.24) is 9.78 Å². The molecule has 0 bridgehead atoms. The van der Waals surface area contributed by atoms with Crippen molar-refractivity contribution >= 4 is 27.5 Å². The first kappa shape index (κ1) is 14.7. The zero-order valence-corrected chi connectivity index (χ0v) is 13.0. The number of ketones is 2. The van der Waals surface area contributed by atoms with Crippen molar-refractivity contribution in [2.45, 2.75) is 19.8 Å². The third-order valence-electron chi connectivity index (χ3n) is 3.03. The number of rotatable bonds is 5. The fourth-order valence-corrected chi connectivity index (χ4v) is 2.27. The molecule has 1 heterocycles. The molecular weight excluding hydrogens is 320 g/mol. The summed E-state index contributed by atoms with van der Waals surface area (Å²) in [6.07, 6.45) is 2.23. The van der Waals surface area contributed by atoms with Crippen LogP contribution in [-0.2, 0) is 13.5 Å². The number of Topliss-reactive ketones (excluding diaryl/α,β-unsaturated/α-hetero) is 2. The molecule has 0 spiro atoms. The summed E-state index contributed by atoms with van der Waals surface area (Å²) in [6.45, 7) is 1.94. The van der Waals surface area contributed by atoms with Gasteiger partial charge in [0, 0.05) is 23.3 Å². The fraction of sp³-hybridized carbons (Fsp3) is 0.267. The fourth-order valence-electron chi connectivity index (χ4n) is 2.01. The molecular formula is C15H15BrN2O2. The van der Waals surface area contributed by atoms with Gasteiger partial charge in [-0.1, -0.05) is 35.0 Å². The Morgan fingerprint density at radius 2 is 1.85 bits per heavy atom. The molecule has 20 heavy (non-hydrogen) atoms. The van der Waals surface area contributed by atoms with E-state index >= 15 is 0 Å². The van der Waals surface area contributed by atoms with E-state index in [9.17, 15) is 9.59 Å². The minimum atomic E-state index is -0.178. The molecule has 2 aromatic rings. The standard InChI is InChI=1S/C15H15BrN2O2/c1-3-13-12(9-18(2)17-13)15(20)8-14(19)10-4-6-11(16)7-5-10/h4-7,9H,3,8H2,1-2H3. The second-order valence-corrected chi connectivity index (χ2v) is 5.46. The van der Waals surface area contributed by atoms with Crippen molar-refractivity contribution < 1.29 is 9.59 Å². The molecule has 1 aromatic carbocycles. The lowest BCUT2D eigenvalue weighted by atomic mass is 10.0. The monoisotopic (exact) mass is 334 g/mol. The Morgan fingerprint density at radius 1 is 1.20 bits per heavy atom. The van der Waals surface area contributed by atoms with Gasteiger partial charge in [0.1, 0.15) is 0 Å².